The zero-order chi connectivity index (χ0) is 11.0. The van der Waals surface area contributed by atoms with Crippen molar-refractivity contribution in [2.75, 3.05) is 7.11 Å². The fourth-order valence-electron chi connectivity index (χ4n) is 1.26. The number of nitrogens with zero attached hydrogens (tertiary/aromatic N) is 1. The quantitative estimate of drug-likeness (QED) is 0.761. The molecule has 2 rings (SSSR count). The molecule has 4 nitrogen and oxygen atoms in total. The molecule has 0 radical (unpaired) electrons. The molecule has 2 aromatic rings. The number of hydrogen-bond acceptors (Lipinski definition) is 3. The second-order valence-corrected chi connectivity index (χ2v) is 3.23. The number of halogens is 2. The highest BCUT2D eigenvalue weighted by atomic mass is 35.5. The molecule has 6 heteroatoms. The van der Waals surface area contributed by atoms with E-state index < -0.39 is 11.8 Å². The maximum Gasteiger partial charge on any atom is 0.356 e. The summed E-state index contributed by atoms with van der Waals surface area (Å²) in [6.45, 7) is 0. The van der Waals surface area contributed by atoms with E-state index >= 15 is 0 Å². The Morgan fingerprint density at radius 2 is 2.40 bits per heavy atom. The molecule has 0 amide bonds. The van der Waals surface area contributed by atoms with Gasteiger partial charge in [0.15, 0.2) is 0 Å². The fourth-order valence-corrected chi connectivity index (χ4v) is 1.53. The van der Waals surface area contributed by atoms with Gasteiger partial charge in [0, 0.05) is 5.39 Å². The number of carbonyl (C=O) groups is 1. The predicted molar refractivity (Wildman–Crippen MR) is 52.4 cm³/mol. The Morgan fingerprint density at radius 3 is 3.07 bits per heavy atom. The average molecular weight is 229 g/mol. The molecule has 0 unspecified atom stereocenters. The van der Waals surface area contributed by atoms with Crippen LogP contribution >= 0.6 is 11.6 Å². The van der Waals surface area contributed by atoms with E-state index in [-0.39, 0.29) is 10.7 Å². The summed E-state index contributed by atoms with van der Waals surface area (Å²) in [4.78, 5) is 17.6. The first-order valence-corrected chi connectivity index (χ1v) is 4.42. The minimum Gasteiger partial charge on any atom is -0.464 e. The summed E-state index contributed by atoms with van der Waals surface area (Å²) in [6, 6.07) is 1.20. The van der Waals surface area contributed by atoms with E-state index in [9.17, 15) is 9.18 Å². The molecule has 2 aromatic heterocycles. The molecule has 0 aromatic carbocycles. The van der Waals surface area contributed by atoms with Crippen molar-refractivity contribution in [3.63, 3.8) is 0 Å². The Kier molecular flexibility index (Phi) is 2.32. The maximum absolute atomic E-state index is 12.9. The minimum atomic E-state index is -0.613. The Hall–Kier alpha value is -1.62. The van der Waals surface area contributed by atoms with Crippen molar-refractivity contribution in [1.29, 1.82) is 0 Å². The number of esters is 1. The van der Waals surface area contributed by atoms with Crippen LogP contribution in [0.25, 0.3) is 11.0 Å². The van der Waals surface area contributed by atoms with Gasteiger partial charge >= 0.3 is 5.97 Å². The van der Waals surface area contributed by atoms with Crippen LogP contribution in [0.3, 0.4) is 0 Å². The van der Waals surface area contributed by atoms with E-state index in [0.717, 1.165) is 6.20 Å². The van der Waals surface area contributed by atoms with Gasteiger partial charge in [-0.15, -0.1) is 0 Å². The number of aromatic amines is 1. The second kappa shape index (κ2) is 3.51. The highest BCUT2D eigenvalue weighted by Gasteiger charge is 2.17. The molecule has 1 N–H and O–H groups in total. The van der Waals surface area contributed by atoms with Gasteiger partial charge in [-0.2, -0.15) is 0 Å². The molecule has 0 fully saturated rings. The van der Waals surface area contributed by atoms with Gasteiger partial charge in [0.05, 0.1) is 18.3 Å². The Bertz CT molecular complexity index is 538. The lowest BCUT2D eigenvalue weighted by atomic mass is 10.3. The Balaban J connectivity index is 2.69. The molecule has 2 heterocycles. The normalized spacial score (nSPS) is 10.6. The second-order valence-electron chi connectivity index (χ2n) is 2.86. The molecule has 0 saturated heterocycles. The third-order valence-corrected chi connectivity index (χ3v) is 2.34. The summed E-state index contributed by atoms with van der Waals surface area (Å²) in [6.07, 6.45) is 1.04. The number of fused-ring (bicyclic) bond motifs is 1. The molecular formula is C9H6ClFN2O2. The molecule has 78 valence electrons. The van der Waals surface area contributed by atoms with Crippen molar-refractivity contribution in [2.24, 2.45) is 0 Å². The molecule has 0 aliphatic carbocycles. The van der Waals surface area contributed by atoms with Crippen LogP contribution in [0.4, 0.5) is 4.39 Å². The van der Waals surface area contributed by atoms with Crippen molar-refractivity contribution in [1.82, 2.24) is 9.97 Å². The van der Waals surface area contributed by atoms with Gasteiger partial charge in [0.25, 0.3) is 0 Å². The van der Waals surface area contributed by atoms with Crippen LogP contribution in [0, 0.1) is 5.82 Å². The van der Waals surface area contributed by atoms with Gasteiger partial charge in [-0.05, 0) is 6.07 Å². The third-order valence-electron chi connectivity index (χ3n) is 1.94. The van der Waals surface area contributed by atoms with Crippen molar-refractivity contribution in [3.05, 3.63) is 28.8 Å². The van der Waals surface area contributed by atoms with Gasteiger partial charge in [-0.1, -0.05) is 11.6 Å². The zero-order valence-electron chi connectivity index (χ0n) is 7.67. The van der Waals surface area contributed by atoms with Crippen LogP contribution in [0.5, 0.6) is 0 Å². The van der Waals surface area contributed by atoms with Crippen LogP contribution in [-0.2, 0) is 4.74 Å². The first-order chi connectivity index (χ1) is 7.13. The number of ether oxygens (including phenoxy) is 1. The van der Waals surface area contributed by atoms with Gasteiger partial charge in [-0.25, -0.2) is 14.2 Å². The number of nitrogens with one attached hydrogen (secondary N) is 1. The summed E-state index contributed by atoms with van der Waals surface area (Å²) in [5.41, 5.74) is 0.425. The maximum atomic E-state index is 12.9. The monoisotopic (exact) mass is 228 g/mol. The van der Waals surface area contributed by atoms with Crippen LogP contribution in [0.15, 0.2) is 12.3 Å². The standard InChI is InChI=1S/C9H6ClFN2O2/c1-15-9(14)7-6(10)5-2-4(11)3-12-8(5)13-7/h2-3H,1H3,(H,12,13). The molecule has 0 bridgehead atoms. The third kappa shape index (κ3) is 1.55. The molecule has 0 saturated carbocycles. The molecule has 0 spiro atoms. The van der Waals surface area contributed by atoms with E-state index in [1.165, 1.54) is 13.2 Å². The average Bonchev–Trinajstić information content (AvgIpc) is 2.55. The highest BCUT2D eigenvalue weighted by molar-refractivity contribution is 6.38. The summed E-state index contributed by atoms with van der Waals surface area (Å²) in [7, 11) is 1.23. The Labute approximate surface area is 89.0 Å². The van der Waals surface area contributed by atoms with Gasteiger partial charge < -0.3 is 9.72 Å². The van der Waals surface area contributed by atoms with Crippen LogP contribution < -0.4 is 0 Å². The van der Waals surface area contributed by atoms with Gasteiger partial charge in [0.2, 0.25) is 0 Å². The first-order valence-electron chi connectivity index (χ1n) is 4.04. The number of rotatable bonds is 1. The number of H-pyrrole nitrogens is 1. The van der Waals surface area contributed by atoms with Crippen molar-refractivity contribution in [3.8, 4) is 0 Å². The number of hydrogen-bond donors (Lipinski definition) is 1. The number of carbonyl (C=O) groups excluding carboxylic acids is 1. The zero-order valence-corrected chi connectivity index (χ0v) is 8.43. The van der Waals surface area contributed by atoms with E-state index in [4.69, 9.17) is 11.6 Å². The Morgan fingerprint density at radius 1 is 1.67 bits per heavy atom. The van der Waals surface area contributed by atoms with Crippen molar-refractivity contribution in [2.45, 2.75) is 0 Å². The van der Waals surface area contributed by atoms with Gasteiger partial charge in [-0.3, -0.25) is 0 Å². The topological polar surface area (TPSA) is 55.0 Å². The largest absolute Gasteiger partial charge is 0.464 e. The van der Waals surface area contributed by atoms with Crippen molar-refractivity contribution >= 4 is 28.6 Å². The molecule has 0 aliphatic rings. The fraction of sp³-hybridized carbons (Fsp3) is 0.111. The first kappa shape index (κ1) is 9.92. The lowest BCUT2D eigenvalue weighted by Gasteiger charge is -1.94. The van der Waals surface area contributed by atoms with Crippen LogP contribution in [0.1, 0.15) is 10.5 Å². The summed E-state index contributed by atoms with van der Waals surface area (Å²) in [5.74, 6) is -1.13. The smallest absolute Gasteiger partial charge is 0.356 e. The molecule has 0 aliphatic heterocycles. The van der Waals surface area contributed by atoms with Crippen LogP contribution in [0.2, 0.25) is 5.02 Å². The van der Waals surface area contributed by atoms with E-state index in [1.807, 2.05) is 0 Å². The summed E-state index contributed by atoms with van der Waals surface area (Å²) < 4.78 is 17.4. The van der Waals surface area contributed by atoms with Gasteiger partial charge in [0.1, 0.15) is 17.2 Å². The number of methoxy groups -OCH3 is 1. The lowest BCUT2D eigenvalue weighted by Crippen LogP contribution is -2.01. The predicted octanol–water partition coefficient (Wildman–Crippen LogP) is 2.14. The van der Waals surface area contributed by atoms with Crippen molar-refractivity contribution < 1.29 is 13.9 Å². The highest BCUT2D eigenvalue weighted by Crippen LogP contribution is 2.26. The van der Waals surface area contributed by atoms with E-state index in [0.29, 0.717) is 11.0 Å². The summed E-state index contributed by atoms with van der Waals surface area (Å²) in [5, 5.41) is 0.473. The van der Waals surface area contributed by atoms with E-state index in [1.54, 1.807) is 0 Å². The lowest BCUT2D eigenvalue weighted by molar-refractivity contribution is 0.0595. The summed E-state index contributed by atoms with van der Waals surface area (Å²) >= 11 is 5.86. The van der Waals surface area contributed by atoms with E-state index in [2.05, 4.69) is 14.7 Å². The number of aromatic nitrogens is 2. The minimum absolute atomic E-state index is 0.0762. The van der Waals surface area contributed by atoms with Crippen LogP contribution in [-0.4, -0.2) is 23.0 Å². The SMILES string of the molecule is COC(=O)c1[nH]c2ncc(F)cc2c1Cl. The molecule has 15 heavy (non-hydrogen) atoms. The molecular weight excluding hydrogens is 223 g/mol. The number of pyridine rings is 1. The molecule has 0 atom stereocenters.